The molecular formula is C20H20BrClN4O2. The number of rotatable bonds is 2. The smallest absolute Gasteiger partial charge is 0.263 e. The molecule has 28 heavy (non-hydrogen) atoms. The Morgan fingerprint density at radius 2 is 1.71 bits per heavy atom. The highest BCUT2D eigenvalue weighted by Crippen LogP contribution is 2.25. The zero-order chi connectivity index (χ0) is 19.9. The minimum Gasteiger partial charge on any atom is -0.370 e. The lowest BCUT2D eigenvalue weighted by atomic mass is 10.0. The summed E-state index contributed by atoms with van der Waals surface area (Å²) in [5, 5.41) is 10.6. The number of aromatic nitrogens is 1. The molecule has 1 heterocycles. The lowest BCUT2D eigenvalue weighted by Gasteiger charge is -2.17. The summed E-state index contributed by atoms with van der Waals surface area (Å²) in [7, 11) is 0. The van der Waals surface area contributed by atoms with Crippen LogP contribution in [0.15, 0.2) is 45.8 Å². The Morgan fingerprint density at radius 1 is 1.11 bits per heavy atom. The largest absolute Gasteiger partial charge is 0.370 e. The van der Waals surface area contributed by atoms with E-state index in [0.29, 0.717) is 10.8 Å². The van der Waals surface area contributed by atoms with Gasteiger partial charge in [0, 0.05) is 21.4 Å². The van der Waals surface area contributed by atoms with Crippen LogP contribution < -0.4 is 16.6 Å². The summed E-state index contributed by atoms with van der Waals surface area (Å²) in [5.74, 6) is -0.978. The lowest BCUT2D eigenvalue weighted by Crippen LogP contribution is -2.36. The number of pyridine rings is 1. The molecule has 1 aromatic heterocycles. The lowest BCUT2D eigenvalue weighted by molar-refractivity contribution is 0.0977. The van der Waals surface area contributed by atoms with Crippen LogP contribution in [0.4, 0.5) is 0 Å². The van der Waals surface area contributed by atoms with Crippen molar-refractivity contribution in [1.29, 1.82) is 5.41 Å². The number of nitrogens with two attached hydrogens (primary N) is 1. The number of halogens is 2. The Balaban J connectivity index is 0.00000280. The fourth-order valence-corrected chi connectivity index (χ4v) is 3.96. The number of hydrogen-bond acceptors (Lipinski definition) is 3. The number of amides is 1. The van der Waals surface area contributed by atoms with Gasteiger partial charge in [-0.25, -0.2) is 0 Å². The van der Waals surface area contributed by atoms with E-state index in [1.54, 1.807) is 12.1 Å². The van der Waals surface area contributed by atoms with E-state index in [0.717, 1.165) is 26.9 Å². The van der Waals surface area contributed by atoms with Gasteiger partial charge in [0.15, 0.2) is 5.96 Å². The minimum atomic E-state index is -0.528. The summed E-state index contributed by atoms with van der Waals surface area (Å²) in [6.07, 6.45) is 1.52. The zero-order valence-corrected chi connectivity index (χ0v) is 18.0. The Hall–Kier alpha value is -2.64. The van der Waals surface area contributed by atoms with Gasteiger partial charge in [0.2, 0.25) is 0 Å². The monoisotopic (exact) mass is 462 g/mol. The van der Waals surface area contributed by atoms with Crippen LogP contribution in [0.2, 0.25) is 0 Å². The van der Waals surface area contributed by atoms with Gasteiger partial charge in [-0.3, -0.25) is 24.9 Å². The van der Waals surface area contributed by atoms with Crippen LogP contribution in [-0.4, -0.2) is 16.4 Å². The molecule has 3 rings (SSSR count). The SMILES string of the molecule is Cc1ccc2c(=O)n(-c3c(C)cc(Br)cc3C)cc(C(=O)NC(=N)N)c2c1.Cl. The molecule has 0 atom stereocenters. The first-order valence-electron chi connectivity index (χ1n) is 8.27. The van der Waals surface area contributed by atoms with Gasteiger partial charge in [0.05, 0.1) is 11.3 Å². The standard InChI is InChI=1S/C20H19BrN4O2.ClH/c1-10-4-5-14-15(6-10)16(18(26)24-20(22)23)9-25(19(14)27)17-11(2)7-13(21)8-12(17)3;/h4-9H,1-3H3,(H4,22,23,24,26);1H. The topological polar surface area (TPSA) is 101 Å². The van der Waals surface area contributed by atoms with Crippen LogP contribution in [0.3, 0.4) is 0 Å². The van der Waals surface area contributed by atoms with Crippen LogP contribution in [0.5, 0.6) is 0 Å². The number of nitrogens with zero attached hydrogens (tertiary/aromatic N) is 1. The second kappa shape index (κ2) is 8.16. The third-order valence-electron chi connectivity index (χ3n) is 4.36. The predicted octanol–water partition coefficient (Wildman–Crippen LogP) is 3.72. The average molecular weight is 464 g/mol. The first-order valence-corrected chi connectivity index (χ1v) is 9.07. The van der Waals surface area contributed by atoms with Crippen molar-refractivity contribution >= 4 is 51.0 Å². The highest BCUT2D eigenvalue weighted by atomic mass is 79.9. The molecule has 6 nitrogen and oxygen atoms in total. The summed E-state index contributed by atoms with van der Waals surface area (Å²) in [5.41, 5.74) is 8.84. The summed E-state index contributed by atoms with van der Waals surface area (Å²) >= 11 is 3.46. The van der Waals surface area contributed by atoms with Crippen LogP contribution >= 0.6 is 28.3 Å². The van der Waals surface area contributed by atoms with E-state index in [-0.39, 0.29) is 23.5 Å². The van der Waals surface area contributed by atoms with E-state index in [2.05, 4.69) is 21.2 Å². The maximum atomic E-state index is 13.2. The summed E-state index contributed by atoms with van der Waals surface area (Å²) in [4.78, 5) is 25.8. The molecule has 0 aliphatic heterocycles. The molecule has 0 saturated carbocycles. The normalized spacial score (nSPS) is 10.4. The molecule has 0 radical (unpaired) electrons. The minimum absolute atomic E-state index is 0. The number of aryl methyl sites for hydroxylation is 3. The van der Waals surface area contributed by atoms with Crippen molar-refractivity contribution in [2.75, 3.05) is 0 Å². The number of carbonyl (C=O) groups is 1. The molecular weight excluding hydrogens is 444 g/mol. The van der Waals surface area contributed by atoms with Gasteiger partial charge in [-0.15, -0.1) is 12.4 Å². The van der Waals surface area contributed by atoms with E-state index in [4.69, 9.17) is 11.1 Å². The molecule has 0 spiro atoms. The van der Waals surface area contributed by atoms with Crippen molar-refractivity contribution in [3.63, 3.8) is 0 Å². The van der Waals surface area contributed by atoms with E-state index in [1.807, 2.05) is 39.0 Å². The number of guanidine groups is 1. The molecule has 8 heteroatoms. The van der Waals surface area contributed by atoms with Crippen LogP contribution in [0.25, 0.3) is 16.5 Å². The number of fused-ring (bicyclic) bond motifs is 1. The van der Waals surface area contributed by atoms with Gasteiger partial charge in [-0.2, -0.15) is 0 Å². The van der Waals surface area contributed by atoms with E-state index in [9.17, 15) is 9.59 Å². The molecule has 0 fully saturated rings. The maximum absolute atomic E-state index is 13.2. The number of hydrogen-bond donors (Lipinski definition) is 3. The number of benzene rings is 2. The van der Waals surface area contributed by atoms with Crippen molar-refractivity contribution in [2.24, 2.45) is 5.73 Å². The van der Waals surface area contributed by atoms with Gasteiger partial charge in [0.1, 0.15) is 0 Å². The van der Waals surface area contributed by atoms with E-state index in [1.165, 1.54) is 10.8 Å². The molecule has 0 aliphatic rings. The van der Waals surface area contributed by atoms with Crippen molar-refractivity contribution in [2.45, 2.75) is 20.8 Å². The highest BCUT2D eigenvalue weighted by molar-refractivity contribution is 9.10. The number of nitrogens with one attached hydrogen (secondary N) is 2. The fraction of sp³-hybridized carbons (Fsp3) is 0.150. The van der Waals surface area contributed by atoms with Gasteiger partial charge < -0.3 is 5.73 Å². The molecule has 4 N–H and O–H groups in total. The molecule has 1 amide bonds. The zero-order valence-electron chi connectivity index (χ0n) is 15.6. The van der Waals surface area contributed by atoms with E-state index < -0.39 is 11.9 Å². The third-order valence-corrected chi connectivity index (χ3v) is 4.82. The van der Waals surface area contributed by atoms with Crippen LogP contribution in [0, 0.1) is 26.2 Å². The van der Waals surface area contributed by atoms with Crippen molar-refractivity contribution in [1.82, 2.24) is 9.88 Å². The second-order valence-electron chi connectivity index (χ2n) is 6.52. The Kier molecular flexibility index (Phi) is 6.31. The van der Waals surface area contributed by atoms with Gasteiger partial charge in [0.25, 0.3) is 11.5 Å². The molecule has 146 valence electrons. The Bertz CT molecular complexity index is 1150. The van der Waals surface area contributed by atoms with E-state index >= 15 is 0 Å². The first kappa shape index (κ1) is 21.7. The molecule has 2 aromatic carbocycles. The van der Waals surface area contributed by atoms with Crippen LogP contribution in [0.1, 0.15) is 27.0 Å². The average Bonchev–Trinajstić information content (AvgIpc) is 2.55. The summed E-state index contributed by atoms with van der Waals surface area (Å²) in [6.45, 7) is 5.71. The predicted molar refractivity (Wildman–Crippen MR) is 118 cm³/mol. The van der Waals surface area contributed by atoms with Crippen molar-refractivity contribution in [3.05, 3.63) is 73.6 Å². The quantitative estimate of drug-likeness (QED) is 0.399. The molecule has 3 aromatic rings. The first-order chi connectivity index (χ1) is 12.7. The highest BCUT2D eigenvalue weighted by Gasteiger charge is 2.18. The Morgan fingerprint density at radius 3 is 2.29 bits per heavy atom. The summed E-state index contributed by atoms with van der Waals surface area (Å²) < 4.78 is 2.41. The fourth-order valence-electron chi connectivity index (χ4n) is 3.27. The van der Waals surface area contributed by atoms with Gasteiger partial charge in [-0.1, -0.05) is 33.6 Å². The molecule has 0 aliphatic carbocycles. The summed E-state index contributed by atoms with van der Waals surface area (Å²) in [6, 6.07) is 9.18. The number of carbonyl (C=O) groups excluding carboxylic acids is 1. The second-order valence-corrected chi connectivity index (χ2v) is 7.44. The third kappa shape index (κ3) is 3.95. The molecule has 0 bridgehead atoms. The molecule has 0 unspecified atom stereocenters. The van der Waals surface area contributed by atoms with Gasteiger partial charge in [-0.05, 0) is 50.1 Å². The van der Waals surface area contributed by atoms with Crippen LogP contribution in [-0.2, 0) is 0 Å². The Labute approximate surface area is 176 Å². The maximum Gasteiger partial charge on any atom is 0.263 e. The van der Waals surface area contributed by atoms with Crippen molar-refractivity contribution in [3.8, 4) is 5.69 Å². The molecule has 0 saturated heterocycles. The van der Waals surface area contributed by atoms with Crippen molar-refractivity contribution < 1.29 is 4.79 Å². The van der Waals surface area contributed by atoms with Gasteiger partial charge >= 0.3 is 0 Å².